The molecule has 4 N–H and O–H groups in total. The molecule has 0 spiro atoms. The van der Waals surface area contributed by atoms with Gasteiger partial charge in [0, 0.05) is 19.0 Å². The Morgan fingerprint density at radius 3 is 2.81 bits per heavy atom. The van der Waals surface area contributed by atoms with Crippen molar-refractivity contribution in [3.05, 3.63) is 23.7 Å². The number of furan rings is 1. The fraction of sp³-hybridized carbons (Fsp3) is 0.545. The van der Waals surface area contributed by atoms with Gasteiger partial charge < -0.3 is 20.6 Å². The molecule has 5 heteroatoms. The van der Waals surface area contributed by atoms with Crippen LogP contribution in [0.3, 0.4) is 0 Å². The molecule has 1 heterocycles. The third-order valence-electron chi connectivity index (χ3n) is 2.35. The van der Waals surface area contributed by atoms with E-state index in [1.807, 2.05) is 6.92 Å². The monoisotopic (exact) mass is 226 g/mol. The maximum atomic E-state index is 11.6. The molecule has 1 rings (SSSR count). The van der Waals surface area contributed by atoms with Crippen LogP contribution in [0, 0.1) is 0 Å². The summed E-state index contributed by atoms with van der Waals surface area (Å²) in [6.07, 6.45) is 0.101. The first kappa shape index (κ1) is 12.7. The lowest BCUT2D eigenvalue weighted by Crippen LogP contribution is -2.43. The molecule has 0 aromatic carbocycles. The molecule has 90 valence electrons. The van der Waals surface area contributed by atoms with Crippen LogP contribution in [0.2, 0.25) is 0 Å². The minimum absolute atomic E-state index is 0.221. The second-order valence-electron chi connectivity index (χ2n) is 3.73. The van der Waals surface area contributed by atoms with Crippen LogP contribution < -0.4 is 11.1 Å². The summed E-state index contributed by atoms with van der Waals surface area (Å²) in [7, 11) is 0. The zero-order valence-corrected chi connectivity index (χ0v) is 9.56. The number of aliphatic hydroxyl groups excluding tert-OH is 1. The van der Waals surface area contributed by atoms with E-state index in [2.05, 4.69) is 5.32 Å². The number of carbonyl (C=O) groups is 1. The van der Waals surface area contributed by atoms with Gasteiger partial charge in [0.25, 0.3) is 5.91 Å². The van der Waals surface area contributed by atoms with Gasteiger partial charge in [-0.05, 0) is 19.1 Å². The maximum Gasteiger partial charge on any atom is 0.287 e. The fourth-order valence-corrected chi connectivity index (χ4v) is 1.16. The quantitative estimate of drug-likeness (QED) is 0.673. The van der Waals surface area contributed by atoms with Crippen LogP contribution in [0.5, 0.6) is 0 Å². The molecule has 0 aliphatic carbocycles. The Hall–Kier alpha value is -1.33. The molecule has 5 nitrogen and oxygen atoms in total. The van der Waals surface area contributed by atoms with Crippen molar-refractivity contribution in [2.75, 3.05) is 6.54 Å². The Bertz CT molecular complexity index is 347. The molecule has 0 saturated heterocycles. The summed E-state index contributed by atoms with van der Waals surface area (Å²) in [4.78, 5) is 11.6. The molecule has 0 aliphatic rings. The normalized spacial score (nSPS) is 14.5. The highest BCUT2D eigenvalue weighted by Gasteiger charge is 2.14. The van der Waals surface area contributed by atoms with Crippen LogP contribution in [0.25, 0.3) is 0 Å². The highest BCUT2D eigenvalue weighted by Crippen LogP contribution is 2.07. The van der Waals surface area contributed by atoms with Crippen molar-refractivity contribution in [3.63, 3.8) is 0 Å². The zero-order chi connectivity index (χ0) is 12.1. The van der Waals surface area contributed by atoms with Crippen molar-refractivity contribution in [2.24, 2.45) is 5.73 Å². The van der Waals surface area contributed by atoms with Gasteiger partial charge in [0.05, 0.1) is 6.10 Å². The number of carbonyl (C=O) groups excluding carboxylic acids is 1. The molecule has 2 unspecified atom stereocenters. The largest absolute Gasteiger partial charge is 0.456 e. The topological polar surface area (TPSA) is 88.5 Å². The number of nitrogens with two attached hydrogens (primary N) is 1. The lowest BCUT2D eigenvalue weighted by atomic mass is 10.2. The van der Waals surface area contributed by atoms with Gasteiger partial charge in [0.15, 0.2) is 5.76 Å². The number of rotatable bonds is 5. The molecule has 0 fully saturated rings. The van der Waals surface area contributed by atoms with Crippen LogP contribution in [-0.4, -0.2) is 29.7 Å². The van der Waals surface area contributed by atoms with Crippen LogP contribution in [0.1, 0.15) is 30.2 Å². The summed E-state index contributed by atoms with van der Waals surface area (Å²) in [6, 6.07) is 2.93. The van der Waals surface area contributed by atoms with Gasteiger partial charge in [-0.15, -0.1) is 0 Å². The third-order valence-corrected chi connectivity index (χ3v) is 2.35. The van der Waals surface area contributed by atoms with Crippen LogP contribution in [0.4, 0.5) is 0 Å². The predicted molar refractivity (Wildman–Crippen MR) is 60.1 cm³/mol. The number of amides is 1. The van der Waals surface area contributed by atoms with Gasteiger partial charge in [-0.2, -0.15) is 0 Å². The first-order valence-corrected chi connectivity index (χ1v) is 5.35. The Kier molecular flexibility index (Phi) is 4.52. The van der Waals surface area contributed by atoms with E-state index >= 15 is 0 Å². The number of hydrogen-bond donors (Lipinski definition) is 3. The van der Waals surface area contributed by atoms with E-state index in [1.165, 1.54) is 0 Å². The van der Waals surface area contributed by atoms with E-state index in [9.17, 15) is 4.79 Å². The summed E-state index contributed by atoms with van der Waals surface area (Å²) in [5, 5.41) is 11.7. The number of nitrogens with one attached hydrogen (secondary N) is 1. The van der Waals surface area contributed by atoms with Gasteiger partial charge in [0.1, 0.15) is 5.76 Å². The van der Waals surface area contributed by atoms with E-state index in [1.54, 1.807) is 19.1 Å². The molecule has 0 bridgehead atoms. The Labute approximate surface area is 94.6 Å². The minimum Gasteiger partial charge on any atom is -0.456 e. The van der Waals surface area contributed by atoms with Crippen molar-refractivity contribution in [1.82, 2.24) is 5.32 Å². The second-order valence-corrected chi connectivity index (χ2v) is 3.73. The van der Waals surface area contributed by atoms with Crippen LogP contribution in [0.15, 0.2) is 16.5 Å². The van der Waals surface area contributed by atoms with Crippen molar-refractivity contribution in [3.8, 4) is 0 Å². The molecule has 1 amide bonds. The van der Waals surface area contributed by atoms with E-state index in [0.717, 1.165) is 12.2 Å². The number of aliphatic hydroxyl groups is 1. The van der Waals surface area contributed by atoms with Crippen LogP contribution >= 0.6 is 0 Å². The second kappa shape index (κ2) is 5.67. The average Bonchev–Trinajstić information content (AvgIpc) is 2.73. The molecule has 0 saturated carbocycles. The third kappa shape index (κ3) is 3.36. The van der Waals surface area contributed by atoms with Crippen molar-refractivity contribution >= 4 is 5.91 Å². The first-order chi connectivity index (χ1) is 7.54. The number of hydrogen-bond acceptors (Lipinski definition) is 4. The summed E-state index contributed by atoms with van der Waals surface area (Å²) >= 11 is 0. The molecule has 1 aromatic heterocycles. The van der Waals surface area contributed by atoms with Crippen molar-refractivity contribution in [1.29, 1.82) is 0 Å². The van der Waals surface area contributed by atoms with Gasteiger partial charge in [-0.25, -0.2) is 0 Å². The lowest BCUT2D eigenvalue weighted by Gasteiger charge is -2.14. The molecule has 16 heavy (non-hydrogen) atoms. The smallest absolute Gasteiger partial charge is 0.287 e. The Morgan fingerprint density at radius 1 is 1.62 bits per heavy atom. The summed E-state index contributed by atoms with van der Waals surface area (Å²) in [5.41, 5.74) is 5.58. The molecule has 2 atom stereocenters. The van der Waals surface area contributed by atoms with E-state index in [0.29, 0.717) is 0 Å². The fourth-order valence-electron chi connectivity index (χ4n) is 1.16. The summed E-state index contributed by atoms with van der Waals surface area (Å²) < 4.78 is 5.27. The van der Waals surface area contributed by atoms with Crippen molar-refractivity contribution in [2.45, 2.75) is 32.4 Å². The zero-order valence-electron chi connectivity index (χ0n) is 9.56. The molecular formula is C11H18N2O3. The summed E-state index contributed by atoms with van der Waals surface area (Å²) in [5.74, 6) is 0.732. The van der Waals surface area contributed by atoms with Gasteiger partial charge in [-0.3, -0.25) is 4.79 Å². The standard InChI is InChI=1S/C11H18N2O3/c1-3-8-4-5-10(16-8)11(15)13-6-9(12)7(2)14/h4-5,7,9,14H,3,6,12H2,1-2H3,(H,13,15). The highest BCUT2D eigenvalue weighted by atomic mass is 16.3. The summed E-state index contributed by atoms with van der Waals surface area (Å²) in [6.45, 7) is 3.75. The van der Waals surface area contributed by atoms with Crippen molar-refractivity contribution < 1.29 is 14.3 Å². The highest BCUT2D eigenvalue weighted by molar-refractivity contribution is 5.91. The maximum absolute atomic E-state index is 11.6. The van der Waals surface area contributed by atoms with E-state index < -0.39 is 12.1 Å². The predicted octanol–water partition coefficient (Wildman–Crippen LogP) is 0.280. The van der Waals surface area contributed by atoms with Gasteiger partial charge >= 0.3 is 0 Å². The SMILES string of the molecule is CCc1ccc(C(=O)NCC(N)C(C)O)o1. The van der Waals surface area contributed by atoms with Crippen LogP contribution in [-0.2, 0) is 6.42 Å². The molecule has 0 aliphatic heterocycles. The Balaban J connectivity index is 2.46. The van der Waals surface area contributed by atoms with Gasteiger partial charge in [-0.1, -0.05) is 6.92 Å². The first-order valence-electron chi connectivity index (χ1n) is 5.35. The molecular weight excluding hydrogens is 208 g/mol. The molecule has 1 aromatic rings. The Morgan fingerprint density at radius 2 is 2.31 bits per heavy atom. The average molecular weight is 226 g/mol. The minimum atomic E-state index is -0.650. The number of aryl methyl sites for hydroxylation is 1. The lowest BCUT2D eigenvalue weighted by molar-refractivity contribution is 0.0908. The van der Waals surface area contributed by atoms with Gasteiger partial charge in [0.2, 0.25) is 0 Å². The van der Waals surface area contributed by atoms with E-state index in [-0.39, 0.29) is 18.2 Å². The van der Waals surface area contributed by atoms with E-state index in [4.69, 9.17) is 15.3 Å². The molecule has 0 radical (unpaired) electrons.